The van der Waals surface area contributed by atoms with E-state index in [0.29, 0.717) is 28.0 Å². The molecular formula is C22H18N6O4. The predicted octanol–water partition coefficient (Wildman–Crippen LogP) is 4.24. The van der Waals surface area contributed by atoms with Crippen LogP contribution in [0.2, 0.25) is 0 Å². The highest BCUT2D eigenvalue weighted by Crippen LogP contribution is 2.37. The van der Waals surface area contributed by atoms with Crippen LogP contribution in [0, 0.1) is 18.3 Å². The molecule has 0 aliphatic carbocycles. The quantitative estimate of drug-likeness (QED) is 0.403. The maximum absolute atomic E-state index is 12.5. The molecule has 4 aromatic rings. The summed E-state index contributed by atoms with van der Waals surface area (Å²) in [6, 6.07) is 12.3. The van der Waals surface area contributed by atoms with Crippen LogP contribution in [0.15, 0.2) is 51.4 Å². The van der Waals surface area contributed by atoms with Crippen molar-refractivity contribution in [1.29, 1.82) is 5.26 Å². The molecule has 0 aliphatic heterocycles. The molecule has 4 rings (SSSR count). The number of nitrogens with one attached hydrogen (secondary N) is 2. The molecule has 0 bridgehead atoms. The molecule has 32 heavy (non-hydrogen) atoms. The van der Waals surface area contributed by atoms with E-state index in [2.05, 4.69) is 25.2 Å². The van der Waals surface area contributed by atoms with Crippen LogP contribution in [0.25, 0.3) is 22.2 Å². The number of aromatic hydroxyl groups is 1. The molecule has 0 amide bonds. The smallest absolute Gasteiger partial charge is 0.270 e. The lowest BCUT2D eigenvalue weighted by Gasteiger charge is -2.10. The lowest BCUT2D eigenvalue weighted by molar-refractivity contribution is 0.355. The Labute approximate surface area is 181 Å². The van der Waals surface area contributed by atoms with Gasteiger partial charge in [0.15, 0.2) is 17.2 Å². The van der Waals surface area contributed by atoms with Crippen molar-refractivity contribution in [2.75, 3.05) is 14.2 Å². The Bertz CT molecular complexity index is 1460. The van der Waals surface area contributed by atoms with Crippen molar-refractivity contribution in [1.82, 2.24) is 15.0 Å². The number of fused-ring (bicyclic) bond motifs is 1. The maximum Gasteiger partial charge on any atom is 0.270 e. The van der Waals surface area contributed by atoms with Crippen LogP contribution in [0.1, 0.15) is 11.1 Å². The molecule has 2 heterocycles. The van der Waals surface area contributed by atoms with Crippen molar-refractivity contribution in [3.05, 3.63) is 57.9 Å². The molecule has 0 saturated heterocycles. The Hall–Kier alpha value is -4.65. The number of aromatic nitrogens is 3. The second-order valence-corrected chi connectivity index (χ2v) is 6.87. The van der Waals surface area contributed by atoms with Gasteiger partial charge < -0.3 is 19.6 Å². The van der Waals surface area contributed by atoms with E-state index in [4.69, 9.17) is 9.47 Å². The first-order chi connectivity index (χ1) is 15.4. The van der Waals surface area contributed by atoms with E-state index >= 15 is 0 Å². The Morgan fingerprint density at radius 3 is 2.56 bits per heavy atom. The zero-order valence-electron chi connectivity index (χ0n) is 17.4. The minimum absolute atomic E-state index is 0.116. The molecule has 0 radical (unpaired) electrons. The van der Waals surface area contributed by atoms with Gasteiger partial charge in [0.2, 0.25) is 11.8 Å². The number of methoxy groups -OCH3 is 2. The summed E-state index contributed by atoms with van der Waals surface area (Å²) >= 11 is 0. The van der Waals surface area contributed by atoms with Gasteiger partial charge in [0.25, 0.3) is 5.56 Å². The van der Waals surface area contributed by atoms with E-state index in [9.17, 15) is 15.2 Å². The first-order valence-corrected chi connectivity index (χ1v) is 9.45. The SMILES string of the molecule is COc1ccc(-c2nc(N=Nc3c(O)[nH]c4ccc(C)cc34)[nH]c(=O)c2C#N)cc1OC. The number of aromatic amines is 2. The third-order valence-electron chi connectivity index (χ3n) is 4.83. The predicted molar refractivity (Wildman–Crippen MR) is 117 cm³/mol. The lowest BCUT2D eigenvalue weighted by atomic mass is 10.1. The molecule has 0 fully saturated rings. The van der Waals surface area contributed by atoms with Gasteiger partial charge in [-0.25, -0.2) is 4.98 Å². The number of hydrogen-bond acceptors (Lipinski definition) is 8. The van der Waals surface area contributed by atoms with Gasteiger partial charge in [-0.1, -0.05) is 11.6 Å². The zero-order chi connectivity index (χ0) is 22.8. The number of benzene rings is 2. The molecule has 0 spiro atoms. The van der Waals surface area contributed by atoms with E-state index in [-0.39, 0.29) is 28.8 Å². The Morgan fingerprint density at radius 1 is 1.06 bits per heavy atom. The van der Waals surface area contributed by atoms with E-state index < -0.39 is 5.56 Å². The van der Waals surface area contributed by atoms with E-state index in [1.807, 2.05) is 31.2 Å². The summed E-state index contributed by atoms with van der Waals surface area (Å²) in [6.07, 6.45) is 0. The average molecular weight is 430 g/mol. The summed E-state index contributed by atoms with van der Waals surface area (Å²) in [4.78, 5) is 22.1. The number of hydrogen-bond donors (Lipinski definition) is 3. The van der Waals surface area contributed by atoms with Crippen molar-refractivity contribution in [2.24, 2.45) is 10.2 Å². The van der Waals surface area contributed by atoms with Gasteiger partial charge in [-0.3, -0.25) is 9.78 Å². The van der Waals surface area contributed by atoms with Crippen LogP contribution in [-0.4, -0.2) is 34.3 Å². The third-order valence-corrected chi connectivity index (χ3v) is 4.83. The Balaban J connectivity index is 1.82. The van der Waals surface area contributed by atoms with Gasteiger partial charge in [0.1, 0.15) is 11.6 Å². The number of nitrogens with zero attached hydrogens (tertiary/aromatic N) is 4. The van der Waals surface area contributed by atoms with Crippen molar-refractivity contribution in [2.45, 2.75) is 6.92 Å². The normalized spacial score (nSPS) is 11.1. The summed E-state index contributed by atoms with van der Waals surface area (Å²) in [6.45, 7) is 1.92. The number of nitriles is 1. The van der Waals surface area contributed by atoms with E-state index in [1.54, 1.807) is 18.2 Å². The molecule has 10 heteroatoms. The minimum Gasteiger partial charge on any atom is -0.493 e. The first kappa shape index (κ1) is 20.6. The topological polar surface area (TPSA) is 149 Å². The van der Waals surface area contributed by atoms with Crippen LogP contribution in [0.4, 0.5) is 11.6 Å². The van der Waals surface area contributed by atoms with Crippen LogP contribution in [-0.2, 0) is 0 Å². The molecule has 2 aromatic heterocycles. The number of H-pyrrole nitrogens is 2. The maximum atomic E-state index is 12.5. The van der Waals surface area contributed by atoms with Crippen LogP contribution >= 0.6 is 0 Å². The fourth-order valence-corrected chi connectivity index (χ4v) is 3.28. The number of azo groups is 1. The highest BCUT2D eigenvalue weighted by molar-refractivity contribution is 5.94. The third kappa shape index (κ3) is 3.63. The zero-order valence-corrected chi connectivity index (χ0v) is 17.4. The molecule has 2 aromatic carbocycles. The fraction of sp³-hybridized carbons (Fsp3) is 0.136. The molecular weight excluding hydrogens is 412 g/mol. The second kappa shape index (κ2) is 8.23. The van der Waals surface area contributed by atoms with Gasteiger partial charge in [0.05, 0.1) is 25.4 Å². The van der Waals surface area contributed by atoms with Gasteiger partial charge >= 0.3 is 0 Å². The fourth-order valence-electron chi connectivity index (χ4n) is 3.28. The van der Waals surface area contributed by atoms with Gasteiger partial charge in [-0.2, -0.15) is 5.26 Å². The van der Waals surface area contributed by atoms with Crippen molar-refractivity contribution < 1.29 is 14.6 Å². The van der Waals surface area contributed by atoms with Crippen LogP contribution < -0.4 is 15.0 Å². The standard InChI is InChI=1S/C22H18N6O4/c1-11-4-6-15-13(8-11)19(21(30)24-15)27-28-22-25-18(14(10-23)20(29)26-22)12-5-7-16(31-2)17(9-12)32-3/h4-9,24,30H,1-3H3,(H,25,26,29). The van der Waals surface area contributed by atoms with Gasteiger partial charge in [-0.05, 0) is 37.3 Å². The molecule has 160 valence electrons. The van der Waals surface area contributed by atoms with Crippen molar-refractivity contribution in [3.63, 3.8) is 0 Å². The van der Waals surface area contributed by atoms with E-state index in [1.165, 1.54) is 14.2 Å². The molecule has 0 unspecified atom stereocenters. The van der Waals surface area contributed by atoms with Crippen molar-refractivity contribution >= 4 is 22.5 Å². The second-order valence-electron chi connectivity index (χ2n) is 6.87. The number of ether oxygens (including phenoxy) is 2. The largest absolute Gasteiger partial charge is 0.493 e. The molecule has 0 saturated carbocycles. The Kier molecular flexibility index (Phi) is 5.30. The molecule has 0 aliphatic rings. The average Bonchev–Trinajstić information content (AvgIpc) is 3.10. The molecule has 3 N–H and O–H groups in total. The minimum atomic E-state index is -0.666. The Morgan fingerprint density at radius 2 is 1.84 bits per heavy atom. The summed E-state index contributed by atoms with van der Waals surface area (Å²) in [5, 5.41) is 28.4. The van der Waals surface area contributed by atoms with Gasteiger partial charge in [0, 0.05) is 10.9 Å². The highest BCUT2D eigenvalue weighted by atomic mass is 16.5. The number of rotatable bonds is 5. The van der Waals surface area contributed by atoms with Crippen molar-refractivity contribution in [3.8, 4) is 34.7 Å². The van der Waals surface area contributed by atoms with Crippen LogP contribution in [0.3, 0.4) is 0 Å². The monoisotopic (exact) mass is 430 g/mol. The molecule has 10 nitrogen and oxygen atoms in total. The van der Waals surface area contributed by atoms with Gasteiger partial charge in [-0.15, -0.1) is 10.2 Å². The lowest BCUT2D eigenvalue weighted by Crippen LogP contribution is -2.13. The summed E-state index contributed by atoms with van der Waals surface area (Å²) in [5.74, 6) is 0.619. The summed E-state index contributed by atoms with van der Waals surface area (Å²) < 4.78 is 10.5. The highest BCUT2D eigenvalue weighted by Gasteiger charge is 2.16. The number of aryl methyl sites for hydroxylation is 1. The van der Waals surface area contributed by atoms with Crippen LogP contribution in [0.5, 0.6) is 17.4 Å². The first-order valence-electron chi connectivity index (χ1n) is 9.45. The summed E-state index contributed by atoms with van der Waals surface area (Å²) in [7, 11) is 2.98. The van der Waals surface area contributed by atoms with E-state index in [0.717, 1.165) is 5.56 Å². The summed E-state index contributed by atoms with van der Waals surface area (Å²) in [5.41, 5.74) is 1.62. The molecule has 0 atom stereocenters.